The van der Waals surface area contributed by atoms with Gasteiger partial charge in [-0.1, -0.05) is 12.1 Å². The quantitative estimate of drug-likeness (QED) is 0.677. The monoisotopic (exact) mass is 279 g/mol. The van der Waals surface area contributed by atoms with Crippen molar-refractivity contribution in [3.05, 3.63) is 39.7 Å². The van der Waals surface area contributed by atoms with Crippen LogP contribution < -0.4 is 5.32 Å². The van der Waals surface area contributed by atoms with Gasteiger partial charge in [0.2, 0.25) is 5.82 Å². The van der Waals surface area contributed by atoms with Gasteiger partial charge in [-0.25, -0.2) is 0 Å². The maximum absolute atomic E-state index is 14.1. The molecule has 3 rings (SSSR count). The molecule has 0 aliphatic carbocycles. The number of rotatable bonds is 3. The van der Waals surface area contributed by atoms with Gasteiger partial charge in [-0.3, -0.25) is 15.0 Å². The second kappa shape index (κ2) is 5.10. The van der Waals surface area contributed by atoms with Crippen LogP contribution in [-0.2, 0) is 6.54 Å². The largest absolute Gasteiger partial charge is 0.316 e. The number of nitrogens with zero attached hydrogens (tertiary/aromatic N) is 2. The minimum atomic E-state index is -0.695. The number of nitrogens with one attached hydrogen (secondary N) is 1. The number of benzene rings is 1. The molecule has 3 unspecified atom stereocenters. The zero-order valence-electron chi connectivity index (χ0n) is 11.4. The van der Waals surface area contributed by atoms with Crippen LogP contribution in [0.2, 0.25) is 0 Å². The van der Waals surface area contributed by atoms with Crippen LogP contribution in [0, 0.1) is 27.8 Å². The highest BCUT2D eigenvalue weighted by atomic mass is 19.1. The highest BCUT2D eigenvalue weighted by Crippen LogP contribution is 2.34. The van der Waals surface area contributed by atoms with Gasteiger partial charge in [-0.2, -0.15) is 4.39 Å². The van der Waals surface area contributed by atoms with Crippen molar-refractivity contribution in [2.75, 3.05) is 19.6 Å². The zero-order valence-corrected chi connectivity index (χ0v) is 11.4. The number of likely N-dealkylation sites (tertiary alicyclic amines) is 1. The van der Waals surface area contributed by atoms with Gasteiger partial charge in [0.05, 0.1) is 4.92 Å². The molecule has 5 nitrogen and oxygen atoms in total. The molecule has 0 spiro atoms. The minimum Gasteiger partial charge on any atom is -0.316 e. The van der Waals surface area contributed by atoms with E-state index >= 15 is 0 Å². The Kier molecular flexibility index (Phi) is 3.43. The molecule has 2 saturated heterocycles. The fraction of sp³-hybridized carbons (Fsp3) is 0.571. The molecule has 20 heavy (non-hydrogen) atoms. The van der Waals surface area contributed by atoms with Crippen LogP contribution in [0.3, 0.4) is 0 Å². The average molecular weight is 279 g/mol. The normalized spacial score (nSPS) is 29.6. The van der Waals surface area contributed by atoms with E-state index in [4.69, 9.17) is 0 Å². The Morgan fingerprint density at radius 2 is 2.30 bits per heavy atom. The van der Waals surface area contributed by atoms with Crippen LogP contribution in [0.1, 0.15) is 12.5 Å². The highest BCUT2D eigenvalue weighted by Gasteiger charge is 2.41. The van der Waals surface area contributed by atoms with Crippen LogP contribution in [0.4, 0.5) is 10.1 Å². The summed E-state index contributed by atoms with van der Waals surface area (Å²) in [6.07, 6.45) is 0. The van der Waals surface area contributed by atoms with Crippen LogP contribution in [0.25, 0.3) is 0 Å². The molecule has 1 N–H and O–H groups in total. The third-order valence-corrected chi connectivity index (χ3v) is 4.69. The fourth-order valence-electron chi connectivity index (χ4n) is 3.51. The first-order valence-corrected chi connectivity index (χ1v) is 6.94. The van der Waals surface area contributed by atoms with Gasteiger partial charge in [-0.15, -0.1) is 0 Å². The summed E-state index contributed by atoms with van der Waals surface area (Å²) in [4.78, 5) is 12.4. The van der Waals surface area contributed by atoms with Crippen LogP contribution >= 0.6 is 0 Å². The molecule has 0 saturated carbocycles. The maximum Gasteiger partial charge on any atom is 0.305 e. The van der Waals surface area contributed by atoms with Crippen LogP contribution in [0.15, 0.2) is 18.2 Å². The number of halogens is 1. The Hall–Kier alpha value is -1.53. The lowest BCUT2D eigenvalue weighted by atomic mass is 9.95. The standard InChI is InChI=1S/C14H18FN3O2/c1-9-12-6-16-5-11(12)8-17(9)7-10-3-2-4-13(14(10)15)18(19)20/h2-4,9,11-12,16H,5-8H2,1H3. The Morgan fingerprint density at radius 3 is 3.00 bits per heavy atom. The van der Waals surface area contributed by atoms with Crippen molar-refractivity contribution in [2.45, 2.75) is 19.5 Å². The Balaban J connectivity index is 1.79. The number of fused-ring (bicyclic) bond motifs is 1. The van der Waals surface area contributed by atoms with E-state index in [0.29, 0.717) is 30.0 Å². The maximum atomic E-state index is 14.1. The van der Waals surface area contributed by atoms with Crippen LogP contribution in [-0.4, -0.2) is 35.5 Å². The van der Waals surface area contributed by atoms with Crippen molar-refractivity contribution < 1.29 is 9.31 Å². The summed E-state index contributed by atoms with van der Waals surface area (Å²) in [5.74, 6) is 0.531. The van der Waals surface area contributed by atoms with Gasteiger partial charge >= 0.3 is 5.69 Å². The summed E-state index contributed by atoms with van der Waals surface area (Å²) >= 11 is 0. The van der Waals surface area contributed by atoms with E-state index in [1.807, 2.05) is 0 Å². The van der Waals surface area contributed by atoms with Gasteiger partial charge in [0.15, 0.2) is 0 Å². The van der Waals surface area contributed by atoms with E-state index in [9.17, 15) is 14.5 Å². The number of hydrogen-bond acceptors (Lipinski definition) is 4. The number of hydrogen-bond donors (Lipinski definition) is 1. The summed E-state index contributed by atoms with van der Waals surface area (Å²) < 4.78 is 14.1. The Morgan fingerprint density at radius 1 is 1.50 bits per heavy atom. The minimum absolute atomic E-state index is 0.383. The van der Waals surface area contributed by atoms with Gasteiger partial charge in [0, 0.05) is 30.8 Å². The molecule has 1 aromatic carbocycles. The molecule has 108 valence electrons. The van der Waals surface area contributed by atoms with Gasteiger partial charge < -0.3 is 5.32 Å². The van der Waals surface area contributed by atoms with Gasteiger partial charge in [-0.05, 0) is 31.8 Å². The van der Waals surface area contributed by atoms with E-state index in [0.717, 1.165) is 19.6 Å². The summed E-state index contributed by atoms with van der Waals surface area (Å²) in [7, 11) is 0. The van der Waals surface area contributed by atoms with E-state index in [1.54, 1.807) is 12.1 Å². The van der Waals surface area contributed by atoms with E-state index < -0.39 is 16.4 Å². The van der Waals surface area contributed by atoms with E-state index in [-0.39, 0.29) is 0 Å². The second-order valence-corrected chi connectivity index (χ2v) is 5.76. The summed E-state index contributed by atoms with van der Waals surface area (Å²) in [6, 6.07) is 4.79. The fourth-order valence-corrected chi connectivity index (χ4v) is 3.51. The molecule has 2 fully saturated rings. The summed E-state index contributed by atoms with van der Waals surface area (Å²) in [6.45, 7) is 5.57. The molecule has 2 aliphatic rings. The van der Waals surface area contributed by atoms with E-state index in [2.05, 4.69) is 17.1 Å². The first-order chi connectivity index (χ1) is 9.58. The van der Waals surface area contributed by atoms with E-state index in [1.165, 1.54) is 6.07 Å². The molecule has 0 aromatic heterocycles. The molecule has 0 bridgehead atoms. The van der Waals surface area contributed by atoms with Crippen molar-refractivity contribution >= 4 is 5.69 Å². The topological polar surface area (TPSA) is 58.4 Å². The smallest absolute Gasteiger partial charge is 0.305 e. The molecule has 3 atom stereocenters. The lowest BCUT2D eigenvalue weighted by Crippen LogP contribution is -2.33. The van der Waals surface area contributed by atoms with Crippen molar-refractivity contribution in [3.63, 3.8) is 0 Å². The lowest BCUT2D eigenvalue weighted by Gasteiger charge is -2.24. The summed E-state index contributed by atoms with van der Waals surface area (Å²) in [5, 5.41) is 14.2. The first kappa shape index (κ1) is 13.5. The molecule has 0 radical (unpaired) electrons. The zero-order chi connectivity index (χ0) is 14.3. The molecule has 2 heterocycles. The predicted molar refractivity (Wildman–Crippen MR) is 72.8 cm³/mol. The van der Waals surface area contributed by atoms with Crippen molar-refractivity contribution in [1.29, 1.82) is 0 Å². The summed E-state index contributed by atoms with van der Waals surface area (Å²) in [5.41, 5.74) is -0.0183. The number of nitro benzene ring substituents is 1. The third-order valence-electron chi connectivity index (χ3n) is 4.69. The molecular formula is C14H18FN3O2. The van der Waals surface area contributed by atoms with Crippen molar-refractivity contribution in [2.24, 2.45) is 11.8 Å². The second-order valence-electron chi connectivity index (χ2n) is 5.76. The molecule has 6 heteroatoms. The highest BCUT2D eigenvalue weighted by molar-refractivity contribution is 5.36. The van der Waals surface area contributed by atoms with Gasteiger partial charge in [0.25, 0.3) is 0 Å². The molecular weight excluding hydrogens is 261 g/mol. The SMILES string of the molecule is CC1C2CNCC2CN1Cc1cccc([N+](=O)[O-])c1F. The van der Waals surface area contributed by atoms with Crippen molar-refractivity contribution in [1.82, 2.24) is 10.2 Å². The van der Waals surface area contributed by atoms with Gasteiger partial charge in [0.1, 0.15) is 0 Å². The van der Waals surface area contributed by atoms with Crippen molar-refractivity contribution in [3.8, 4) is 0 Å². The Labute approximate surface area is 116 Å². The number of nitro groups is 1. The molecule has 1 aromatic rings. The lowest BCUT2D eigenvalue weighted by molar-refractivity contribution is -0.387. The molecule has 0 amide bonds. The average Bonchev–Trinajstić information content (AvgIpc) is 2.96. The first-order valence-electron chi connectivity index (χ1n) is 6.94. The third kappa shape index (κ3) is 2.19. The van der Waals surface area contributed by atoms with Crippen LogP contribution in [0.5, 0.6) is 0 Å². The molecule has 2 aliphatic heterocycles. The Bertz CT molecular complexity index is 537. The predicted octanol–water partition coefficient (Wildman–Crippen LogP) is 1.77.